The second-order valence-electron chi connectivity index (χ2n) is 3.70. The lowest BCUT2D eigenvalue weighted by molar-refractivity contribution is -0.142. The van der Waals surface area contributed by atoms with Gasteiger partial charge in [-0.05, 0) is 19.4 Å². The minimum Gasteiger partial charge on any atom is -0.375 e. The zero-order valence-electron chi connectivity index (χ0n) is 9.28. The Morgan fingerprint density at radius 3 is 3.13 bits per heavy atom. The van der Waals surface area contributed by atoms with Gasteiger partial charge in [0.1, 0.15) is 6.61 Å². The molecule has 1 amide bonds. The van der Waals surface area contributed by atoms with E-state index in [1.807, 2.05) is 0 Å². The Kier molecular flexibility index (Phi) is 5.60. The first-order valence-electron chi connectivity index (χ1n) is 5.36. The number of rotatable bonds is 5. The summed E-state index contributed by atoms with van der Waals surface area (Å²) >= 11 is 0. The van der Waals surface area contributed by atoms with Crippen LogP contribution < -0.4 is 5.73 Å². The molecule has 5 heteroatoms. The Hall–Kier alpha value is -0.650. The van der Waals surface area contributed by atoms with E-state index in [1.54, 1.807) is 4.90 Å². The van der Waals surface area contributed by atoms with Gasteiger partial charge in [0.25, 0.3) is 0 Å². The van der Waals surface area contributed by atoms with E-state index in [-0.39, 0.29) is 18.6 Å². The minimum atomic E-state index is 0.0403. The van der Waals surface area contributed by atoms with Crippen molar-refractivity contribution in [3.63, 3.8) is 0 Å². The van der Waals surface area contributed by atoms with Crippen LogP contribution in [0.4, 0.5) is 0 Å². The molecule has 0 bridgehead atoms. The second kappa shape index (κ2) is 6.76. The third-order valence-electron chi connectivity index (χ3n) is 2.49. The normalized spacial score (nSPS) is 21.7. The third-order valence-corrected chi connectivity index (χ3v) is 2.49. The summed E-state index contributed by atoms with van der Waals surface area (Å²) in [6, 6.07) is 0. The molecule has 0 aromatic carbocycles. The van der Waals surface area contributed by atoms with Crippen LogP contribution in [0.25, 0.3) is 0 Å². The van der Waals surface area contributed by atoms with Crippen molar-refractivity contribution in [1.29, 1.82) is 0 Å². The number of nitrogens with zero attached hydrogens (tertiary/aromatic N) is 1. The molecule has 1 atom stereocenters. The fraction of sp³-hybridized carbons (Fsp3) is 0.900. The van der Waals surface area contributed by atoms with Gasteiger partial charge in [-0.1, -0.05) is 0 Å². The molecule has 0 aromatic rings. The van der Waals surface area contributed by atoms with Gasteiger partial charge in [0.15, 0.2) is 0 Å². The van der Waals surface area contributed by atoms with E-state index < -0.39 is 0 Å². The number of hydrogen-bond acceptors (Lipinski definition) is 4. The molecule has 1 saturated heterocycles. The van der Waals surface area contributed by atoms with Gasteiger partial charge < -0.3 is 20.1 Å². The van der Waals surface area contributed by atoms with Crippen LogP contribution in [-0.4, -0.2) is 56.9 Å². The molecule has 1 unspecified atom stereocenters. The molecule has 1 aliphatic heterocycles. The zero-order chi connectivity index (χ0) is 11.1. The van der Waals surface area contributed by atoms with Crippen molar-refractivity contribution in [2.24, 2.45) is 5.73 Å². The maximum Gasteiger partial charge on any atom is 0.248 e. The first-order valence-corrected chi connectivity index (χ1v) is 5.36. The molecule has 1 fully saturated rings. The molecule has 2 N–H and O–H groups in total. The van der Waals surface area contributed by atoms with E-state index in [0.29, 0.717) is 26.2 Å². The van der Waals surface area contributed by atoms with Crippen LogP contribution in [0.1, 0.15) is 12.8 Å². The molecule has 0 aliphatic carbocycles. The Bertz CT molecular complexity index is 199. The average Bonchev–Trinajstić information content (AvgIpc) is 2.27. The van der Waals surface area contributed by atoms with Crippen molar-refractivity contribution >= 4 is 5.91 Å². The van der Waals surface area contributed by atoms with Gasteiger partial charge in [-0.15, -0.1) is 0 Å². The van der Waals surface area contributed by atoms with E-state index >= 15 is 0 Å². The summed E-state index contributed by atoms with van der Waals surface area (Å²) in [5, 5.41) is 0. The Morgan fingerprint density at radius 1 is 1.67 bits per heavy atom. The SMILES string of the molecule is COCC(=O)N1CCOC(CCCN)C1. The zero-order valence-corrected chi connectivity index (χ0v) is 9.28. The Balaban J connectivity index is 2.31. The van der Waals surface area contributed by atoms with Crippen molar-refractivity contribution in [1.82, 2.24) is 4.90 Å². The number of amides is 1. The summed E-state index contributed by atoms with van der Waals surface area (Å²) in [6.45, 7) is 2.78. The Morgan fingerprint density at radius 2 is 2.47 bits per heavy atom. The van der Waals surface area contributed by atoms with Gasteiger partial charge in [0.05, 0.1) is 12.7 Å². The van der Waals surface area contributed by atoms with E-state index in [4.69, 9.17) is 15.2 Å². The molecule has 88 valence electrons. The molecule has 0 saturated carbocycles. The highest BCUT2D eigenvalue weighted by Crippen LogP contribution is 2.10. The number of ether oxygens (including phenoxy) is 2. The average molecular weight is 216 g/mol. The number of methoxy groups -OCH3 is 1. The first-order chi connectivity index (χ1) is 7.27. The monoisotopic (exact) mass is 216 g/mol. The van der Waals surface area contributed by atoms with Gasteiger partial charge in [-0.25, -0.2) is 0 Å². The lowest BCUT2D eigenvalue weighted by Crippen LogP contribution is -2.46. The summed E-state index contributed by atoms with van der Waals surface area (Å²) < 4.78 is 10.4. The van der Waals surface area contributed by atoms with Gasteiger partial charge in [0.2, 0.25) is 5.91 Å². The van der Waals surface area contributed by atoms with Gasteiger partial charge in [0, 0.05) is 20.2 Å². The van der Waals surface area contributed by atoms with Crippen LogP contribution in [0.15, 0.2) is 0 Å². The van der Waals surface area contributed by atoms with Crippen molar-refractivity contribution in [3.8, 4) is 0 Å². The number of carbonyl (C=O) groups is 1. The van der Waals surface area contributed by atoms with Crippen LogP contribution in [0, 0.1) is 0 Å². The quantitative estimate of drug-likeness (QED) is 0.679. The van der Waals surface area contributed by atoms with Crippen LogP contribution in [0.5, 0.6) is 0 Å². The van der Waals surface area contributed by atoms with Gasteiger partial charge in [-0.2, -0.15) is 0 Å². The highest BCUT2D eigenvalue weighted by Gasteiger charge is 2.23. The first kappa shape index (κ1) is 12.4. The summed E-state index contributed by atoms with van der Waals surface area (Å²) in [6.07, 6.45) is 2.01. The number of carbonyl (C=O) groups excluding carboxylic acids is 1. The number of hydrogen-bond donors (Lipinski definition) is 1. The Labute approximate surface area is 90.5 Å². The van der Waals surface area contributed by atoms with Crippen molar-refractivity contribution in [2.45, 2.75) is 18.9 Å². The van der Waals surface area contributed by atoms with Gasteiger partial charge in [-0.3, -0.25) is 4.79 Å². The minimum absolute atomic E-state index is 0.0403. The summed E-state index contributed by atoms with van der Waals surface area (Å²) in [5.41, 5.74) is 5.43. The van der Waals surface area contributed by atoms with Gasteiger partial charge >= 0.3 is 0 Å². The molecular formula is C10H20N2O3. The van der Waals surface area contributed by atoms with Crippen LogP contribution in [0.2, 0.25) is 0 Å². The molecule has 5 nitrogen and oxygen atoms in total. The highest BCUT2D eigenvalue weighted by molar-refractivity contribution is 5.77. The maximum absolute atomic E-state index is 11.5. The summed E-state index contributed by atoms with van der Waals surface area (Å²) in [7, 11) is 1.53. The molecule has 15 heavy (non-hydrogen) atoms. The predicted molar refractivity (Wildman–Crippen MR) is 56.5 cm³/mol. The smallest absolute Gasteiger partial charge is 0.248 e. The third kappa shape index (κ3) is 4.15. The molecular weight excluding hydrogens is 196 g/mol. The van der Waals surface area contributed by atoms with Crippen molar-refractivity contribution < 1.29 is 14.3 Å². The number of morpholine rings is 1. The predicted octanol–water partition coefficient (Wildman–Crippen LogP) is -0.401. The standard InChI is InChI=1S/C10H20N2O3/c1-14-8-10(13)12-5-6-15-9(7-12)3-2-4-11/h9H,2-8,11H2,1H3. The molecule has 0 aromatic heterocycles. The molecule has 0 spiro atoms. The second-order valence-corrected chi connectivity index (χ2v) is 3.70. The summed E-state index contributed by atoms with van der Waals surface area (Å²) in [4.78, 5) is 13.3. The van der Waals surface area contributed by atoms with E-state index in [1.165, 1.54) is 7.11 Å². The maximum atomic E-state index is 11.5. The number of nitrogens with two attached hydrogens (primary N) is 1. The molecule has 0 radical (unpaired) electrons. The fourth-order valence-corrected chi connectivity index (χ4v) is 1.68. The molecule has 1 heterocycles. The summed E-state index contributed by atoms with van der Waals surface area (Å²) in [5.74, 6) is 0.0403. The molecule has 1 aliphatic rings. The lowest BCUT2D eigenvalue weighted by atomic mass is 10.1. The van der Waals surface area contributed by atoms with Crippen molar-refractivity contribution in [2.75, 3.05) is 40.0 Å². The van der Waals surface area contributed by atoms with Crippen molar-refractivity contribution in [3.05, 3.63) is 0 Å². The topological polar surface area (TPSA) is 64.8 Å². The van der Waals surface area contributed by atoms with E-state index in [2.05, 4.69) is 0 Å². The van der Waals surface area contributed by atoms with Crippen LogP contribution >= 0.6 is 0 Å². The van der Waals surface area contributed by atoms with E-state index in [0.717, 1.165) is 12.8 Å². The lowest BCUT2D eigenvalue weighted by Gasteiger charge is -2.32. The van der Waals surface area contributed by atoms with E-state index in [9.17, 15) is 4.79 Å². The fourth-order valence-electron chi connectivity index (χ4n) is 1.68. The highest BCUT2D eigenvalue weighted by atomic mass is 16.5. The van der Waals surface area contributed by atoms with Crippen LogP contribution in [0.3, 0.4) is 0 Å². The molecule has 1 rings (SSSR count). The largest absolute Gasteiger partial charge is 0.375 e. The van der Waals surface area contributed by atoms with Crippen LogP contribution in [-0.2, 0) is 14.3 Å².